The fourth-order valence-electron chi connectivity index (χ4n) is 2.50. The van der Waals surface area contributed by atoms with Gasteiger partial charge in [0.1, 0.15) is 18.5 Å². The molecule has 1 aliphatic heterocycles. The number of amidine groups is 1. The van der Waals surface area contributed by atoms with Crippen molar-refractivity contribution in [3.8, 4) is 0 Å². The van der Waals surface area contributed by atoms with E-state index in [0.29, 0.717) is 5.01 Å². The van der Waals surface area contributed by atoms with Gasteiger partial charge >= 0.3 is 12.1 Å². The van der Waals surface area contributed by atoms with Crippen molar-refractivity contribution >= 4 is 36.2 Å². The van der Waals surface area contributed by atoms with E-state index in [9.17, 15) is 18.8 Å². The van der Waals surface area contributed by atoms with E-state index in [4.69, 9.17) is 15.7 Å². The first-order valence-corrected chi connectivity index (χ1v) is 8.03. The number of ether oxygens (including phenoxy) is 1. The number of rotatable bonds is 7. The molecule has 28 heavy (non-hydrogen) atoms. The van der Waals surface area contributed by atoms with E-state index in [-0.39, 0.29) is 36.1 Å². The minimum absolute atomic E-state index is 0.120. The number of carbonyl (C=O) groups excluding carboxylic acids is 2. The van der Waals surface area contributed by atoms with Gasteiger partial charge in [-0.25, -0.2) is 15.0 Å². The molecule has 0 radical (unpaired) electrons. The maximum absolute atomic E-state index is 14.6. The lowest BCUT2D eigenvalue weighted by Gasteiger charge is -2.19. The molecule has 11 nitrogen and oxygen atoms in total. The highest BCUT2D eigenvalue weighted by Crippen LogP contribution is 2.24. The van der Waals surface area contributed by atoms with E-state index in [2.05, 4.69) is 22.2 Å². The maximum Gasteiger partial charge on any atom is 0.414 e. The zero-order valence-electron chi connectivity index (χ0n) is 15.0. The highest BCUT2D eigenvalue weighted by molar-refractivity contribution is 6.00. The Morgan fingerprint density at radius 2 is 2.25 bits per heavy atom. The number of hydrogen-bond donors (Lipinski definition) is 3. The summed E-state index contributed by atoms with van der Waals surface area (Å²) < 4.78 is 19.8. The summed E-state index contributed by atoms with van der Waals surface area (Å²) in [4.78, 5) is 35.0. The SMILES string of the molecule is C=N/N=C(/c1ccc(N2C[C@H](CNC(C)=O)OC2=O)cc1F)N(N)CC(=O)O. The average molecular weight is 394 g/mol. The zero-order valence-corrected chi connectivity index (χ0v) is 15.0. The molecule has 0 bridgehead atoms. The summed E-state index contributed by atoms with van der Waals surface area (Å²) in [6.45, 7) is 4.11. The molecule has 1 fully saturated rings. The van der Waals surface area contributed by atoms with Gasteiger partial charge in [-0.2, -0.15) is 5.10 Å². The molecule has 2 rings (SSSR count). The van der Waals surface area contributed by atoms with Crippen LogP contribution in [0.25, 0.3) is 0 Å². The number of nitrogens with two attached hydrogens (primary N) is 1. The Labute approximate surface area is 159 Å². The Morgan fingerprint density at radius 1 is 1.54 bits per heavy atom. The Morgan fingerprint density at radius 3 is 2.82 bits per heavy atom. The molecule has 1 heterocycles. The molecule has 150 valence electrons. The second kappa shape index (κ2) is 8.90. The first-order valence-electron chi connectivity index (χ1n) is 8.03. The summed E-state index contributed by atoms with van der Waals surface area (Å²) in [5, 5.41) is 19.0. The van der Waals surface area contributed by atoms with Crippen LogP contribution in [-0.4, -0.2) is 66.4 Å². The van der Waals surface area contributed by atoms with Crippen molar-refractivity contribution in [1.29, 1.82) is 0 Å². The van der Waals surface area contributed by atoms with Crippen LogP contribution in [0.3, 0.4) is 0 Å². The predicted molar refractivity (Wildman–Crippen MR) is 97.3 cm³/mol. The van der Waals surface area contributed by atoms with Crippen molar-refractivity contribution in [1.82, 2.24) is 10.3 Å². The second-order valence-electron chi connectivity index (χ2n) is 5.80. The standard InChI is InChI=1S/C16H19FN6O5/c1-9(24)20-6-11-7-22(16(27)28-11)10-3-4-12(13(17)5-10)15(21-19-2)23(18)8-14(25)26/h3-5,11H,2,6-8,18H2,1H3,(H,20,24)(H,25,26)/b21-15-/t11-/m0/s1. The van der Waals surface area contributed by atoms with Crippen LogP contribution < -0.4 is 16.1 Å². The number of carboxylic acid groups (broad SMARTS) is 1. The normalized spacial score (nSPS) is 16.5. The van der Waals surface area contributed by atoms with Crippen LogP contribution in [0, 0.1) is 5.82 Å². The second-order valence-corrected chi connectivity index (χ2v) is 5.80. The molecule has 0 unspecified atom stereocenters. The summed E-state index contributed by atoms with van der Waals surface area (Å²) in [7, 11) is 0. The monoisotopic (exact) mass is 394 g/mol. The van der Waals surface area contributed by atoms with Gasteiger partial charge in [-0.05, 0) is 18.2 Å². The first-order chi connectivity index (χ1) is 13.2. The maximum atomic E-state index is 14.6. The number of hydrazine groups is 1. The minimum Gasteiger partial charge on any atom is -0.480 e. The van der Waals surface area contributed by atoms with Crippen molar-refractivity contribution in [3.05, 3.63) is 29.6 Å². The van der Waals surface area contributed by atoms with Crippen LogP contribution in [0.4, 0.5) is 14.9 Å². The third kappa shape index (κ3) is 5.01. The average Bonchev–Trinajstić information content (AvgIpc) is 2.98. The number of hydrogen-bond acceptors (Lipinski definition) is 7. The van der Waals surface area contributed by atoms with E-state index >= 15 is 0 Å². The highest BCUT2D eigenvalue weighted by Gasteiger charge is 2.33. The summed E-state index contributed by atoms with van der Waals surface area (Å²) in [5.41, 5.74) is 0.0894. The Balaban J connectivity index is 2.22. The van der Waals surface area contributed by atoms with Gasteiger partial charge < -0.3 is 15.2 Å². The van der Waals surface area contributed by atoms with Crippen molar-refractivity contribution in [2.45, 2.75) is 13.0 Å². The third-order valence-electron chi connectivity index (χ3n) is 3.70. The van der Waals surface area contributed by atoms with Crippen molar-refractivity contribution < 1.29 is 28.6 Å². The summed E-state index contributed by atoms with van der Waals surface area (Å²) >= 11 is 0. The van der Waals surface area contributed by atoms with Crippen molar-refractivity contribution in [2.75, 3.05) is 24.5 Å². The summed E-state index contributed by atoms with van der Waals surface area (Å²) in [6, 6.07) is 3.77. The lowest BCUT2D eigenvalue weighted by atomic mass is 10.1. The number of anilines is 1. The number of benzene rings is 1. The van der Waals surface area contributed by atoms with E-state index in [0.717, 1.165) is 6.07 Å². The number of amides is 2. The molecule has 0 saturated carbocycles. The molecule has 0 aromatic heterocycles. The third-order valence-corrected chi connectivity index (χ3v) is 3.70. The van der Waals surface area contributed by atoms with Crippen LogP contribution in [0.5, 0.6) is 0 Å². The number of halogens is 1. The molecule has 1 saturated heterocycles. The van der Waals surface area contributed by atoms with Gasteiger partial charge in [-0.1, -0.05) is 0 Å². The number of carbonyl (C=O) groups is 3. The van der Waals surface area contributed by atoms with Gasteiger partial charge in [0.25, 0.3) is 0 Å². The highest BCUT2D eigenvalue weighted by atomic mass is 19.1. The van der Waals surface area contributed by atoms with E-state index in [1.807, 2.05) is 0 Å². The Bertz CT molecular complexity index is 830. The van der Waals surface area contributed by atoms with Crippen LogP contribution in [0.1, 0.15) is 12.5 Å². The van der Waals surface area contributed by atoms with Crippen LogP contribution >= 0.6 is 0 Å². The molecule has 4 N–H and O–H groups in total. The molecule has 2 amide bonds. The fourth-order valence-corrected chi connectivity index (χ4v) is 2.50. The predicted octanol–water partition coefficient (Wildman–Crippen LogP) is -0.0905. The lowest BCUT2D eigenvalue weighted by molar-refractivity contribution is -0.137. The van der Waals surface area contributed by atoms with E-state index in [1.54, 1.807) is 0 Å². The molecule has 1 aliphatic rings. The summed E-state index contributed by atoms with van der Waals surface area (Å²) in [5.74, 6) is 3.05. The number of nitrogens with one attached hydrogen (secondary N) is 1. The van der Waals surface area contributed by atoms with E-state index in [1.165, 1.54) is 24.0 Å². The molecular weight excluding hydrogens is 375 g/mol. The molecule has 0 aliphatic carbocycles. The van der Waals surface area contributed by atoms with Gasteiger partial charge in [0.2, 0.25) is 5.91 Å². The lowest BCUT2D eigenvalue weighted by Crippen LogP contribution is -2.42. The quantitative estimate of drug-likeness (QED) is 0.253. The van der Waals surface area contributed by atoms with Gasteiger partial charge in [-0.15, -0.1) is 5.10 Å². The molecule has 12 heteroatoms. The fraction of sp³-hybridized carbons (Fsp3) is 0.312. The van der Waals surface area contributed by atoms with Crippen molar-refractivity contribution in [3.63, 3.8) is 0 Å². The smallest absolute Gasteiger partial charge is 0.414 e. The Kier molecular flexibility index (Phi) is 6.60. The largest absolute Gasteiger partial charge is 0.480 e. The number of nitrogens with zero attached hydrogens (tertiary/aromatic N) is 4. The van der Waals surface area contributed by atoms with E-state index < -0.39 is 30.5 Å². The summed E-state index contributed by atoms with van der Waals surface area (Å²) in [6.07, 6.45) is -1.26. The topological polar surface area (TPSA) is 150 Å². The number of cyclic esters (lactones) is 1. The Hall–Kier alpha value is -3.54. The molecule has 0 spiro atoms. The van der Waals surface area contributed by atoms with Gasteiger partial charge in [-0.3, -0.25) is 19.5 Å². The zero-order chi connectivity index (χ0) is 20.8. The van der Waals surface area contributed by atoms with Gasteiger partial charge in [0.05, 0.1) is 24.3 Å². The van der Waals surface area contributed by atoms with Crippen molar-refractivity contribution in [2.24, 2.45) is 16.0 Å². The van der Waals surface area contributed by atoms with Gasteiger partial charge in [0, 0.05) is 13.6 Å². The number of aliphatic carboxylic acids is 1. The molecule has 1 atom stereocenters. The molecule has 1 aromatic carbocycles. The minimum atomic E-state index is -1.25. The molecular formula is C16H19FN6O5. The van der Waals surface area contributed by atoms with Crippen LogP contribution in [-0.2, 0) is 14.3 Å². The van der Waals surface area contributed by atoms with Crippen LogP contribution in [0.15, 0.2) is 28.4 Å². The first kappa shape index (κ1) is 20.8. The number of carboxylic acids is 1. The molecule has 1 aromatic rings. The van der Waals surface area contributed by atoms with Gasteiger partial charge in [0.15, 0.2) is 5.84 Å². The van der Waals surface area contributed by atoms with Crippen LogP contribution in [0.2, 0.25) is 0 Å².